The molecule has 8 heteroatoms. The first kappa shape index (κ1) is 27.2. The molecule has 7 nitrogen and oxygen atoms in total. The Morgan fingerprint density at radius 3 is 2.69 bits per heavy atom. The summed E-state index contributed by atoms with van der Waals surface area (Å²) in [6.45, 7) is 8.10. The number of esters is 1. The summed E-state index contributed by atoms with van der Waals surface area (Å²) in [5.41, 5.74) is 4.78. The summed E-state index contributed by atoms with van der Waals surface area (Å²) in [4.78, 5) is 41.9. The Bertz CT molecular complexity index is 1410. The number of allylic oxidation sites excluding steroid dienone is 3. The van der Waals surface area contributed by atoms with Gasteiger partial charge in [0.2, 0.25) is 0 Å². The maximum atomic E-state index is 14.2. The zero-order chi connectivity index (χ0) is 27.9. The average molecular weight is 549 g/mol. The van der Waals surface area contributed by atoms with Crippen molar-refractivity contribution >= 4 is 34.0 Å². The topological polar surface area (TPSA) is 93.7 Å². The van der Waals surface area contributed by atoms with E-state index in [4.69, 9.17) is 9.47 Å². The number of aryl methyl sites for hydroxylation is 1. The number of dihydropyridines is 1. The van der Waals surface area contributed by atoms with Crippen LogP contribution >= 0.6 is 11.3 Å². The number of hydrogen-bond donors (Lipinski definition) is 2. The summed E-state index contributed by atoms with van der Waals surface area (Å²) >= 11 is 1.46. The molecule has 0 radical (unpaired) electrons. The highest BCUT2D eigenvalue weighted by Crippen LogP contribution is 2.47. The molecule has 1 unspecified atom stereocenters. The normalized spacial score (nSPS) is 20.1. The SMILES string of the molecule is CCOC(=O)c1c(NC(=O)C2=C(C)NC3=C(C(=O)CC(C)(C)C3)C2c2cccc(OC)c2)sc2c1CCCC2. The maximum absolute atomic E-state index is 14.2. The quantitative estimate of drug-likeness (QED) is 0.427. The third-order valence-corrected chi connectivity index (χ3v) is 9.00. The second kappa shape index (κ2) is 10.6. The van der Waals surface area contributed by atoms with Gasteiger partial charge in [0, 0.05) is 39.8 Å². The molecule has 206 valence electrons. The highest BCUT2D eigenvalue weighted by Gasteiger charge is 2.43. The number of fused-ring (bicyclic) bond motifs is 1. The van der Waals surface area contributed by atoms with E-state index in [2.05, 4.69) is 24.5 Å². The Morgan fingerprint density at radius 1 is 1.18 bits per heavy atom. The summed E-state index contributed by atoms with van der Waals surface area (Å²) < 4.78 is 10.9. The highest BCUT2D eigenvalue weighted by molar-refractivity contribution is 7.17. The first-order valence-corrected chi connectivity index (χ1v) is 14.5. The van der Waals surface area contributed by atoms with Gasteiger partial charge in [-0.25, -0.2) is 4.79 Å². The van der Waals surface area contributed by atoms with Crippen molar-refractivity contribution in [2.75, 3.05) is 19.0 Å². The van der Waals surface area contributed by atoms with Gasteiger partial charge in [-0.2, -0.15) is 0 Å². The summed E-state index contributed by atoms with van der Waals surface area (Å²) in [6.07, 6.45) is 4.87. The molecular weight excluding hydrogens is 512 g/mol. The fourth-order valence-electron chi connectivity index (χ4n) is 6.14. The Kier molecular flexibility index (Phi) is 7.42. The van der Waals surface area contributed by atoms with Crippen LogP contribution in [0.2, 0.25) is 0 Å². The molecule has 1 atom stereocenters. The number of carbonyl (C=O) groups excluding carboxylic acids is 3. The smallest absolute Gasteiger partial charge is 0.341 e. The van der Waals surface area contributed by atoms with Crippen molar-refractivity contribution in [3.8, 4) is 5.75 Å². The minimum atomic E-state index is -0.555. The summed E-state index contributed by atoms with van der Waals surface area (Å²) in [7, 11) is 1.60. The third-order valence-electron chi connectivity index (χ3n) is 7.79. The molecule has 1 aliphatic heterocycles. The molecular formula is C31H36N2O5S. The number of rotatable bonds is 6. The Balaban J connectivity index is 1.59. The van der Waals surface area contributed by atoms with Crippen molar-refractivity contribution in [2.45, 2.75) is 72.1 Å². The number of amides is 1. The van der Waals surface area contributed by atoms with E-state index < -0.39 is 11.9 Å². The van der Waals surface area contributed by atoms with Crippen LogP contribution in [0.25, 0.3) is 0 Å². The lowest BCUT2D eigenvalue weighted by Gasteiger charge is -2.39. The molecule has 3 aliphatic rings. The van der Waals surface area contributed by atoms with E-state index in [1.54, 1.807) is 14.0 Å². The Labute approximate surface area is 233 Å². The number of anilines is 1. The van der Waals surface area contributed by atoms with Crippen LogP contribution in [0.3, 0.4) is 0 Å². The van der Waals surface area contributed by atoms with E-state index in [9.17, 15) is 14.4 Å². The van der Waals surface area contributed by atoms with Crippen LogP contribution < -0.4 is 15.4 Å². The second-order valence-electron chi connectivity index (χ2n) is 11.3. The molecule has 0 fully saturated rings. The van der Waals surface area contributed by atoms with Crippen LogP contribution in [-0.2, 0) is 27.2 Å². The maximum Gasteiger partial charge on any atom is 0.341 e. The number of thiophene rings is 1. The van der Waals surface area contributed by atoms with Gasteiger partial charge in [-0.15, -0.1) is 11.3 Å². The van der Waals surface area contributed by atoms with Crippen LogP contribution in [-0.4, -0.2) is 31.4 Å². The number of methoxy groups -OCH3 is 1. The highest BCUT2D eigenvalue weighted by atomic mass is 32.1. The van der Waals surface area contributed by atoms with E-state index in [1.165, 1.54) is 11.3 Å². The van der Waals surface area contributed by atoms with Crippen LogP contribution in [0.1, 0.15) is 85.7 Å². The standard InChI is InChI=1S/C31H36N2O5S/c1-6-38-30(36)26-20-12-7-8-13-23(20)39-29(26)33-28(35)24-17(2)32-21-15-31(3,4)16-22(34)27(21)25(24)18-10-9-11-19(14-18)37-5/h9-11,14,25,32H,6-8,12-13,15-16H2,1-5H3,(H,33,35). The Hall–Kier alpha value is -3.39. The minimum absolute atomic E-state index is 0.0400. The molecule has 2 aromatic rings. The lowest BCUT2D eigenvalue weighted by Crippen LogP contribution is -2.39. The van der Waals surface area contributed by atoms with Gasteiger partial charge in [0.1, 0.15) is 10.8 Å². The molecule has 0 saturated carbocycles. The van der Waals surface area contributed by atoms with Crippen LogP contribution in [0.4, 0.5) is 5.00 Å². The number of ether oxygens (including phenoxy) is 2. The van der Waals surface area contributed by atoms with Crippen LogP contribution in [0.5, 0.6) is 5.75 Å². The van der Waals surface area contributed by atoms with Gasteiger partial charge < -0.3 is 20.1 Å². The number of Topliss-reactive ketones (excluding diaryl/α,β-unsaturated/α-hetero) is 1. The van der Waals surface area contributed by atoms with Crippen molar-refractivity contribution in [3.63, 3.8) is 0 Å². The predicted molar refractivity (Wildman–Crippen MR) is 152 cm³/mol. The predicted octanol–water partition coefficient (Wildman–Crippen LogP) is 6.05. The van der Waals surface area contributed by atoms with E-state index in [1.807, 2.05) is 31.2 Å². The second-order valence-corrected chi connectivity index (χ2v) is 12.4. The van der Waals surface area contributed by atoms with E-state index >= 15 is 0 Å². The lowest BCUT2D eigenvalue weighted by molar-refractivity contribution is -0.118. The minimum Gasteiger partial charge on any atom is -0.497 e. The van der Waals surface area contributed by atoms with Crippen molar-refractivity contribution in [2.24, 2.45) is 5.41 Å². The molecule has 1 aromatic heterocycles. The van der Waals surface area contributed by atoms with Gasteiger partial charge in [0.25, 0.3) is 5.91 Å². The van der Waals surface area contributed by atoms with Gasteiger partial charge in [0.05, 0.1) is 19.3 Å². The van der Waals surface area contributed by atoms with Gasteiger partial charge in [-0.05, 0) is 74.6 Å². The van der Waals surface area contributed by atoms with Crippen molar-refractivity contribution < 1.29 is 23.9 Å². The van der Waals surface area contributed by atoms with E-state index in [0.717, 1.165) is 47.4 Å². The van der Waals surface area contributed by atoms with Crippen molar-refractivity contribution in [1.29, 1.82) is 0 Å². The number of ketones is 1. The van der Waals surface area contributed by atoms with Gasteiger partial charge in [0.15, 0.2) is 5.78 Å². The average Bonchev–Trinajstić information content (AvgIpc) is 3.25. The molecule has 0 bridgehead atoms. The van der Waals surface area contributed by atoms with E-state index in [-0.39, 0.29) is 23.7 Å². The van der Waals surface area contributed by atoms with E-state index in [0.29, 0.717) is 46.0 Å². The van der Waals surface area contributed by atoms with Crippen LogP contribution in [0.15, 0.2) is 46.8 Å². The first-order chi connectivity index (χ1) is 18.6. The Morgan fingerprint density at radius 2 is 1.95 bits per heavy atom. The molecule has 1 aromatic carbocycles. The summed E-state index contributed by atoms with van der Waals surface area (Å²) in [5.74, 6) is -0.594. The largest absolute Gasteiger partial charge is 0.497 e. The van der Waals surface area contributed by atoms with Gasteiger partial charge >= 0.3 is 5.97 Å². The van der Waals surface area contributed by atoms with Crippen LogP contribution in [0, 0.1) is 5.41 Å². The number of benzene rings is 1. The van der Waals surface area contributed by atoms with Crippen molar-refractivity contribution in [1.82, 2.24) is 5.32 Å². The fourth-order valence-corrected chi connectivity index (χ4v) is 7.41. The molecule has 5 rings (SSSR count). The molecule has 0 saturated heterocycles. The van der Waals surface area contributed by atoms with Gasteiger partial charge in [-0.3, -0.25) is 9.59 Å². The summed E-state index contributed by atoms with van der Waals surface area (Å²) in [5, 5.41) is 7.01. The zero-order valence-corrected chi connectivity index (χ0v) is 24.1. The monoisotopic (exact) mass is 548 g/mol. The number of hydrogen-bond acceptors (Lipinski definition) is 7. The fraction of sp³-hybridized carbons (Fsp3) is 0.452. The van der Waals surface area contributed by atoms with Crippen molar-refractivity contribution in [3.05, 3.63) is 68.4 Å². The molecule has 0 spiro atoms. The lowest BCUT2D eigenvalue weighted by atomic mass is 9.68. The third kappa shape index (κ3) is 5.14. The van der Waals surface area contributed by atoms with Gasteiger partial charge in [-0.1, -0.05) is 26.0 Å². The number of nitrogens with one attached hydrogen (secondary N) is 2. The molecule has 39 heavy (non-hydrogen) atoms. The number of carbonyl (C=O) groups is 3. The zero-order valence-electron chi connectivity index (χ0n) is 23.3. The molecule has 2 aliphatic carbocycles. The summed E-state index contributed by atoms with van der Waals surface area (Å²) in [6, 6.07) is 7.56. The molecule has 2 N–H and O–H groups in total. The molecule has 2 heterocycles. The first-order valence-electron chi connectivity index (χ1n) is 13.6. The molecule has 1 amide bonds.